The lowest BCUT2D eigenvalue weighted by Gasteiger charge is -2.09. The molecule has 0 aromatic heterocycles. The standard InChI is InChI=1S/C21H24N2O5/c1-14(2)27-12-15-4-6-17(7-5-15)21(26)28-13-19(24)23-18-10-8-16(9-11-18)20(25)22-3/h4-11,14H,12-13H2,1-3H3,(H,22,25)(H,23,24). The zero-order chi connectivity index (χ0) is 20.5. The molecule has 2 N–H and O–H groups in total. The van der Waals surface area contributed by atoms with Crippen LogP contribution in [0.25, 0.3) is 0 Å². The maximum absolute atomic E-state index is 12.1. The van der Waals surface area contributed by atoms with Gasteiger partial charge < -0.3 is 20.1 Å². The van der Waals surface area contributed by atoms with E-state index in [0.29, 0.717) is 23.4 Å². The van der Waals surface area contributed by atoms with E-state index in [4.69, 9.17) is 9.47 Å². The van der Waals surface area contributed by atoms with Crippen LogP contribution in [0.1, 0.15) is 40.1 Å². The molecule has 7 heteroatoms. The molecule has 0 aliphatic heterocycles. The van der Waals surface area contributed by atoms with Crippen molar-refractivity contribution in [3.63, 3.8) is 0 Å². The summed E-state index contributed by atoms with van der Waals surface area (Å²) in [4.78, 5) is 35.5. The minimum atomic E-state index is -0.582. The molecule has 148 valence electrons. The molecule has 2 amide bonds. The highest BCUT2D eigenvalue weighted by atomic mass is 16.5. The SMILES string of the molecule is CNC(=O)c1ccc(NC(=O)COC(=O)c2ccc(COC(C)C)cc2)cc1. The number of carbonyl (C=O) groups excluding carboxylic acids is 3. The van der Waals surface area contributed by atoms with Crippen LogP contribution in [0.3, 0.4) is 0 Å². The average molecular weight is 384 g/mol. The van der Waals surface area contributed by atoms with Crippen LogP contribution in [0, 0.1) is 0 Å². The van der Waals surface area contributed by atoms with Gasteiger partial charge in [0.15, 0.2) is 6.61 Å². The van der Waals surface area contributed by atoms with E-state index in [0.717, 1.165) is 5.56 Å². The van der Waals surface area contributed by atoms with E-state index < -0.39 is 18.5 Å². The molecular formula is C21H24N2O5. The predicted molar refractivity (Wildman–Crippen MR) is 105 cm³/mol. The molecule has 0 heterocycles. The number of anilines is 1. The van der Waals surface area contributed by atoms with Crippen LogP contribution < -0.4 is 10.6 Å². The third kappa shape index (κ3) is 6.51. The van der Waals surface area contributed by atoms with Gasteiger partial charge >= 0.3 is 5.97 Å². The van der Waals surface area contributed by atoms with E-state index in [-0.39, 0.29) is 12.0 Å². The molecule has 0 saturated heterocycles. The van der Waals surface area contributed by atoms with Gasteiger partial charge in [-0.3, -0.25) is 9.59 Å². The summed E-state index contributed by atoms with van der Waals surface area (Å²) < 4.78 is 10.5. The highest BCUT2D eigenvalue weighted by Gasteiger charge is 2.11. The number of esters is 1. The number of hydrogen-bond acceptors (Lipinski definition) is 5. The van der Waals surface area contributed by atoms with Gasteiger partial charge in [-0.05, 0) is 55.8 Å². The number of amides is 2. The zero-order valence-corrected chi connectivity index (χ0v) is 16.2. The minimum absolute atomic E-state index is 0.128. The summed E-state index contributed by atoms with van der Waals surface area (Å²) in [7, 11) is 1.54. The van der Waals surface area contributed by atoms with Gasteiger partial charge in [-0.1, -0.05) is 12.1 Å². The molecule has 0 spiro atoms. The quantitative estimate of drug-likeness (QED) is 0.683. The maximum Gasteiger partial charge on any atom is 0.338 e. The van der Waals surface area contributed by atoms with Crippen LogP contribution in [-0.4, -0.2) is 37.5 Å². The van der Waals surface area contributed by atoms with Crippen molar-refractivity contribution in [1.29, 1.82) is 0 Å². The van der Waals surface area contributed by atoms with Crippen molar-refractivity contribution < 1.29 is 23.9 Å². The lowest BCUT2D eigenvalue weighted by Crippen LogP contribution is -2.21. The van der Waals surface area contributed by atoms with Gasteiger partial charge in [0.05, 0.1) is 18.3 Å². The number of rotatable bonds is 8. The van der Waals surface area contributed by atoms with Crippen molar-refractivity contribution in [2.24, 2.45) is 0 Å². The van der Waals surface area contributed by atoms with Crippen LogP contribution in [0.15, 0.2) is 48.5 Å². The molecule has 0 atom stereocenters. The Labute approximate surface area is 164 Å². The fraction of sp³-hybridized carbons (Fsp3) is 0.286. The molecule has 28 heavy (non-hydrogen) atoms. The summed E-state index contributed by atoms with van der Waals surface area (Å²) >= 11 is 0. The molecule has 2 aromatic rings. The first-order chi connectivity index (χ1) is 13.4. The third-order valence-electron chi connectivity index (χ3n) is 3.77. The lowest BCUT2D eigenvalue weighted by atomic mass is 10.1. The van der Waals surface area contributed by atoms with E-state index in [1.807, 2.05) is 13.8 Å². The van der Waals surface area contributed by atoms with Crippen LogP contribution >= 0.6 is 0 Å². The second-order valence-corrected chi connectivity index (χ2v) is 6.34. The van der Waals surface area contributed by atoms with Gasteiger partial charge in [0.2, 0.25) is 0 Å². The van der Waals surface area contributed by atoms with Crippen molar-refractivity contribution in [2.45, 2.75) is 26.6 Å². The fourth-order valence-corrected chi connectivity index (χ4v) is 2.26. The summed E-state index contributed by atoms with van der Waals surface area (Å²) in [6.07, 6.45) is 0.128. The third-order valence-corrected chi connectivity index (χ3v) is 3.77. The van der Waals surface area contributed by atoms with Crippen molar-refractivity contribution in [1.82, 2.24) is 5.32 Å². The van der Waals surface area contributed by atoms with E-state index in [1.54, 1.807) is 55.6 Å². The Morgan fingerprint density at radius 2 is 1.54 bits per heavy atom. The number of nitrogens with one attached hydrogen (secondary N) is 2. The van der Waals surface area contributed by atoms with Crippen LogP contribution in [-0.2, 0) is 20.9 Å². The van der Waals surface area contributed by atoms with Crippen molar-refractivity contribution in [3.8, 4) is 0 Å². The Hall–Kier alpha value is -3.19. The highest BCUT2D eigenvalue weighted by Crippen LogP contribution is 2.11. The predicted octanol–water partition coefficient (Wildman–Crippen LogP) is 2.77. The molecule has 0 radical (unpaired) electrons. The molecule has 2 rings (SSSR count). The number of hydrogen-bond donors (Lipinski definition) is 2. The number of ether oxygens (including phenoxy) is 2. The lowest BCUT2D eigenvalue weighted by molar-refractivity contribution is -0.119. The van der Waals surface area contributed by atoms with E-state index in [9.17, 15) is 14.4 Å². The Morgan fingerprint density at radius 3 is 2.11 bits per heavy atom. The fourth-order valence-electron chi connectivity index (χ4n) is 2.26. The minimum Gasteiger partial charge on any atom is -0.452 e. The summed E-state index contributed by atoms with van der Waals surface area (Å²) in [5.74, 6) is -1.27. The van der Waals surface area contributed by atoms with Gasteiger partial charge in [-0.15, -0.1) is 0 Å². The molecule has 7 nitrogen and oxygen atoms in total. The molecule has 0 bridgehead atoms. The highest BCUT2D eigenvalue weighted by molar-refractivity contribution is 5.97. The molecule has 2 aromatic carbocycles. The molecule has 0 aliphatic carbocycles. The van der Waals surface area contributed by atoms with Gasteiger partial charge in [0.25, 0.3) is 11.8 Å². The van der Waals surface area contributed by atoms with E-state index in [1.165, 1.54) is 0 Å². The van der Waals surface area contributed by atoms with Crippen molar-refractivity contribution in [2.75, 3.05) is 19.0 Å². The second kappa shape index (κ2) is 10.2. The van der Waals surface area contributed by atoms with E-state index in [2.05, 4.69) is 10.6 Å². The Kier molecular flexibility index (Phi) is 7.71. The summed E-state index contributed by atoms with van der Waals surface area (Å²) in [5, 5.41) is 5.12. The molecular weight excluding hydrogens is 360 g/mol. The monoisotopic (exact) mass is 384 g/mol. The van der Waals surface area contributed by atoms with Gasteiger partial charge in [0, 0.05) is 18.3 Å². The van der Waals surface area contributed by atoms with Gasteiger partial charge in [-0.2, -0.15) is 0 Å². The van der Waals surface area contributed by atoms with Crippen molar-refractivity contribution >= 4 is 23.5 Å². The van der Waals surface area contributed by atoms with Crippen LogP contribution in [0.5, 0.6) is 0 Å². The van der Waals surface area contributed by atoms with E-state index >= 15 is 0 Å². The molecule has 0 saturated carbocycles. The Morgan fingerprint density at radius 1 is 0.929 bits per heavy atom. The first kappa shape index (κ1) is 21.1. The van der Waals surface area contributed by atoms with Gasteiger partial charge in [-0.25, -0.2) is 4.79 Å². The number of carbonyl (C=O) groups is 3. The summed E-state index contributed by atoms with van der Waals surface area (Å²) in [6.45, 7) is 3.96. The normalized spacial score (nSPS) is 10.4. The average Bonchev–Trinajstić information content (AvgIpc) is 2.70. The van der Waals surface area contributed by atoms with Crippen LogP contribution in [0.4, 0.5) is 5.69 Å². The first-order valence-corrected chi connectivity index (χ1v) is 8.88. The first-order valence-electron chi connectivity index (χ1n) is 8.88. The number of benzene rings is 2. The van der Waals surface area contributed by atoms with Gasteiger partial charge in [0.1, 0.15) is 0 Å². The molecule has 0 fully saturated rings. The second-order valence-electron chi connectivity index (χ2n) is 6.34. The smallest absolute Gasteiger partial charge is 0.338 e. The largest absolute Gasteiger partial charge is 0.452 e. The molecule has 0 unspecified atom stereocenters. The Bertz CT molecular complexity index is 814. The summed E-state index contributed by atoms with van der Waals surface area (Å²) in [6, 6.07) is 13.2. The van der Waals surface area contributed by atoms with Crippen molar-refractivity contribution in [3.05, 3.63) is 65.2 Å². The Balaban J connectivity index is 1.81. The molecule has 0 aliphatic rings. The maximum atomic E-state index is 12.1. The zero-order valence-electron chi connectivity index (χ0n) is 16.2. The topological polar surface area (TPSA) is 93.7 Å². The van der Waals surface area contributed by atoms with Crippen LogP contribution in [0.2, 0.25) is 0 Å². The summed E-state index contributed by atoms with van der Waals surface area (Å²) in [5.41, 5.74) is 2.29.